The number of aromatic nitrogens is 3. The molecule has 1 aromatic heterocycles. The number of carbonyl (C=O) groups is 1. The van der Waals surface area contributed by atoms with Gasteiger partial charge in [-0.25, -0.2) is 0 Å². The van der Waals surface area contributed by atoms with Crippen LogP contribution in [0.3, 0.4) is 0 Å². The number of aryl methyl sites for hydroxylation is 2. The molecule has 6 heteroatoms. The van der Waals surface area contributed by atoms with Crippen molar-refractivity contribution in [1.82, 2.24) is 19.7 Å². The Kier molecular flexibility index (Phi) is 4.67. The minimum Gasteiger partial charge on any atom is -0.348 e. The Morgan fingerprint density at radius 1 is 1.24 bits per heavy atom. The fourth-order valence-electron chi connectivity index (χ4n) is 2.08. The van der Waals surface area contributed by atoms with E-state index >= 15 is 0 Å². The number of rotatable bonds is 4. The van der Waals surface area contributed by atoms with Crippen LogP contribution in [0.2, 0.25) is 0 Å². The van der Waals surface area contributed by atoms with Crippen LogP contribution in [0, 0.1) is 13.8 Å². The van der Waals surface area contributed by atoms with Gasteiger partial charge in [-0.3, -0.25) is 9.36 Å². The van der Waals surface area contributed by atoms with Crippen molar-refractivity contribution in [2.24, 2.45) is 0 Å². The van der Waals surface area contributed by atoms with Crippen LogP contribution in [-0.4, -0.2) is 44.9 Å². The number of hydrogen-bond acceptors (Lipinski definition) is 4. The van der Waals surface area contributed by atoms with Gasteiger partial charge in [0.15, 0.2) is 5.16 Å². The van der Waals surface area contributed by atoms with E-state index in [1.807, 2.05) is 36.6 Å². The summed E-state index contributed by atoms with van der Waals surface area (Å²) in [7, 11) is 3.52. The molecule has 0 saturated heterocycles. The van der Waals surface area contributed by atoms with Gasteiger partial charge in [-0.05, 0) is 32.4 Å². The Labute approximate surface area is 129 Å². The summed E-state index contributed by atoms with van der Waals surface area (Å²) < 4.78 is 2.00. The summed E-state index contributed by atoms with van der Waals surface area (Å²) in [4.78, 5) is 13.6. The lowest BCUT2D eigenvalue weighted by molar-refractivity contribution is -0.127. The molecule has 0 N–H and O–H groups in total. The lowest BCUT2D eigenvalue weighted by Gasteiger charge is -2.17. The zero-order valence-corrected chi connectivity index (χ0v) is 13.8. The Morgan fingerprint density at radius 2 is 1.90 bits per heavy atom. The SMILES string of the molecule is Cc1ccccc1-n1c(C)nnc1SC(C)C(=O)N(C)C. The first-order chi connectivity index (χ1) is 9.91. The number of benzene rings is 1. The van der Waals surface area contributed by atoms with Crippen LogP contribution < -0.4 is 0 Å². The average Bonchev–Trinajstić information content (AvgIpc) is 2.79. The van der Waals surface area contributed by atoms with Gasteiger partial charge in [-0.15, -0.1) is 10.2 Å². The number of thioether (sulfide) groups is 1. The molecule has 2 aromatic rings. The summed E-state index contributed by atoms with van der Waals surface area (Å²) in [5.74, 6) is 0.883. The van der Waals surface area contributed by atoms with Gasteiger partial charge in [-0.1, -0.05) is 30.0 Å². The van der Waals surface area contributed by atoms with E-state index < -0.39 is 0 Å². The third-order valence-electron chi connectivity index (χ3n) is 3.22. The van der Waals surface area contributed by atoms with Gasteiger partial charge in [0.25, 0.3) is 0 Å². The van der Waals surface area contributed by atoms with E-state index in [9.17, 15) is 4.79 Å². The van der Waals surface area contributed by atoms with E-state index in [4.69, 9.17) is 0 Å². The number of carbonyl (C=O) groups excluding carboxylic acids is 1. The molecule has 1 unspecified atom stereocenters. The van der Waals surface area contributed by atoms with Crippen LogP contribution in [0.1, 0.15) is 18.3 Å². The maximum Gasteiger partial charge on any atom is 0.235 e. The van der Waals surface area contributed by atoms with Crippen LogP contribution in [0.25, 0.3) is 5.69 Å². The van der Waals surface area contributed by atoms with Gasteiger partial charge < -0.3 is 4.90 Å². The molecule has 5 nitrogen and oxygen atoms in total. The molecule has 0 saturated carbocycles. The molecule has 1 aromatic carbocycles. The standard InChI is InChI=1S/C15H20N4OS/c1-10-8-6-7-9-13(10)19-12(3)16-17-15(19)21-11(2)14(20)18(4)5/h6-9,11H,1-5H3. The third-order valence-corrected chi connectivity index (χ3v) is 4.25. The van der Waals surface area contributed by atoms with Gasteiger partial charge in [0.2, 0.25) is 5.91 Å². The van der Waals surface area contributed by atoms with E-state index in [0.29, 0.717) is 0 Å². The highest BCUT2D eigenvalue weighted by molar-refractivity contribution is 8.00. The van der Waals surface area contributed by atoms with Crippen molar-refractivity contribution in [2.75, 3.05) is 14.1 Å². The van der Waals surface area contributed by atoms with Gasteiger partial charge in [0.1, 0.15) is 5.82 Å². The molecular formula is C15H20N4OS. The lowest BCUT2D eigenvalue weighted by atomic mass is 10.2. The van der Waals surface area contributed by atoms with Crippen LogP contribution in [0.4, 0.5) is 0 Å². The minimum atomic E-state index is -0.202. The summed E-state index contributed by atoms with van der Waals surface area (Å²) >= 11 is 1.43. The zero-order chi connectivity index (χ0) is 15.6. The predicted molar refractivity (Wildman–Crippen MR) is 84.8 cm³/mol. The van der Waals surface area contributed by atoms with Crippen molar-refractivity contribution in [3.8, 4) is 5.69 Å². The molecule has 1 amide bonds. The molecular weight excluding hydrogens is 284 g/mol. The maximum absolute atomic E-state index is 12.0. The molecule has 1 heterocycles. The first kappa shape index (κ1) is 15.6. The van der Waals surface area contributed by atoms with Gasteiger partial charge in [0.05, 0.1) is 10.9 Å². The second-order valence-electron chi connectivity index (χ2n) is 5.14. The smallest absolute Gasteiger partial charge is 0.235 e. The summed E-state index contributed by atoms with van der Waals surface area (Å²) in [5, 5.41) is 8.92. The van der Waals surface area contributed by atoms with Crippen LogP contribution >= 0.6 is 11.8 Å². The fourth-order valence-corrected chi connectivity index (χ4v) is 3.13. The predicted octanol–water partition coefficient (Wildman–Crippen LogP) is 2.45. The Morgan fingerprint density at radius 3 is 2.52 bits per heavy atom. The first-order valence-corrected chi connectivity index (χ1v) is 7.65. The van der Waals surface area contributed by atoms with Crippen molar-refractivity contribution in [1.29, 1.82) is 0 Å². The minimum absolute atomic E-state index is 0.0667. The molecule has 0 bridgehead atoms. The molecule has 0 aliphatic carbocycles. The van der Waals surface area contributed by atoms with Crippen molar-refractivity contribution in [3.05, 3.63) is 35.7 Å². The number of hydrogen-bond donors (Lipinski definition) is 0. The van der Waals surface area contributed by atoms with Crippen molar-refractivity contribution in [3.63, 3.8) is 0 Å². The Hall–Kier alpha value is -1.82. The lowest BCUT2D eigenvalue weighted by Crippen LogP contribution is -2.29. The number of amides is 1. The third kappa shape index (κ3) is 3.26. The molecule has 0 spiro atoms. The molecule has 0 aliphatic heterocycles. The Balaban J connectivity index is 2.36. The summed E-state index contributed by atoms with van der Waals surface area (Å²) in [6.45, 7) is 5.86. The second-order valence-corrected chi connectivity index (χ2v) is 6.45. The second kappa shape index (κ2) is 6.30. The average molecular weight is 304 g/mol. The largest absolute Gasteiger partial charge is 0.348 e. The van der Waals surface area contributed by atoms with Gasteiger partial charge in [-0.2, -0.15) is 0 Å². The van der Waals surface area contributed by atoms with Crippen molar-refractivity contribution in [2.45, 2.75) is 31.2 Å². The maximum atomic E-state index is 12.0. The van der Waals surface area contributed by atoms with E-state index in [1.54, 1.807) is 19.0 Å². The highest BCUT2D eigenvalue weighted by Gasteiger charge is 2.21. The first-order valence-electron chi connectivity index (χ1n) is 6.77. The fraction of sp³-hybridized carbons (Fsp3) is 0.400. The molecule has 21 heavy (non-hydrogen) atoms. The molecule has 1 atom stereocenters. The topological polar surface area (TPSA) is 51.0 Å². The van der Waals surface area contributed by atoms with Crippen molar-refractivity contribution < 1.29 is 4.79 Å². The number of para-hydroxylation sites is 1. The van der Waals surface area contributed by atoms with Crippen LogP contribution in [0.15, 0.2) is 29.4 Å². The van der Waals surface area contributed by atoms with Crippen molar-refractivity contribution >= 4 is 17.7 Å². The van der Waals surface area contributed by atoms with E-state index in [1.165, 1.54) is 11.8 Å². The van der Waals surface area contributed by atoms with E-state index in [2.05, 4.69) is 23.2 Å². The van der Waals surface area contributed by atoms with E-state index in [-0.39, 0.29) is 11.2 Å². The highest BCUT2D eigenvalue weighted by Crippen LogP contribution is 2.27. The van der Waals surface area contributed by atoms with Gasteiger partial charge in [0, 0.05) is 14.1 Å². The van der Waals surface area contributed by atoms with E-state index in [0.717, 1.165) is 22.2 Å². The quantitative estimate of drug-likeness (QED) is 0.814. The highest BCUT2D eigenvalue weighted by atomic mass is 32.2. The normalized spacial score (nSPS) is 12.2. The zero-order valence-electron chi connectivity index (χ0n) is 13.0. The monoisotopic (exact) mass is 304 g/mol. The van der Waals surface area contributed by atoms with Crippen LogP contribution in [0.5, 0.6) is 0 Å². The van der Waals surface area contributed by atoms with Crippen LogP contribution in [-0.2, 0) is 4.79 Å². The summed E-state index contributed by atoms with van der Waals surface area (Å²) in [6.07, 6.45) is 0. The summed E-state index contributed by atoms with van der Waals surface area (Å²) in [5.41, 5.74) is 2.20. The molecule has 0 aliphatic rings. The molecule has 0 radical (unpaired) electrons. The number of nitrogens with zero attached hydrogens (tertiary/aromatic N) is 4. The van der Waals surface area contributed by atoms with Gasteiger partial charge >= 0.3 is 0 Å². The molecule has 0 fully saturated rings. The summed E-state index contributed by atoms with van der Waals surface area (Å²) in [6, 6.07) is 8.08. The molecule has 2 rings (SSSR count). The molecule has 112 valence electrons. The Bertz CT molecular complexity index is 651.